The molecule has 0 aromatic heterocycles. The molecule has 0 saturated carbocycles. The van der Waals surface area contributed by atoms with Crippen molar-refractivity contribution in [2.45, 2.75) is 314 Å². The topological polar surface area (TPSA) is 149 Å². The van der Waals surface area contributed by atoms with Gasteiger partial charge in [0, 0.05) is 6.42 Å². The normalized spacial score (nSPS) is 19.3. The fourth-order valence-electron chi connectivity index (χ4n) is 9.74. The summed E-state index contributed by atoms with van der Waals surface area (Å²) in [7, 11) is 0. The van der Waals surface area contributed by atoms with Crippen LogP contribution < -0.4 is 5.32 Å². The van der Waals surface area contributed by atoms with E-state index in [0.29, 0.717) is 6.42 Å². The van der Waals surface area contributed by atoms with Gasteiger partial charge < -0.3 is 40.3 Å². The SMILES string of the molecule is CC/C=C\C/C=C\C/C=C\C/C=C\C/C=C\C/C=C\C/C=C\CCCCCCCCCCCCCCCCCCCC(=O)NC(COC1OC(CO)C(O)C(O)C1O)C(O)/C=C/CC/C=C/CCCCCCCCCCCCC. The number of unbranched alkanes of at least 4 members (excludes halogenated alkanes) is 29. The number of rotatable bonds is 55. The van der Waals surface area contributed by atoms with E-state index >= 15 is 0 Å². The Morgan fingerprint density at radius 2 is 0.797 bits per heavy atom. The van der Waals surface area contributed by atoms with E-state index in [1.807, 2.05) is 6.08 Å². The van der Waals surface area contributed by atoms with E-state index in [9.17, 15) is 30.3 Å². The number of nitrogens with one attached hydrogen (secondary N) is 1. The van der Waals surface area contributed by atoms with Gasteiger partial charge in [0.05, 0.1) is 25.4 Å². The lowest BCUT2D eigenvalue weighted by molar-refractivity contribution is -0.302. The van der Waals surface area contributed by atoms with Crippen molar-refractivity contribution in [3.63, 3.8) is 0 Å². The zero-order chi connectivity index (χ0) is 57.2. The molecule has 1 rings (SSSR count). The average Bonchev–Trinajstić information content (AvgIpc) is 3.48. The minimum Gasteiger partial charge on any atom is -0.394 e. The fraction of sp³-hybridized carbons (Fsp3) is 0.729. The molecule has 79 heavy (non-hydrogen) atoms. The molecule has 0 aliphatic carbocycles. The third-order valence-corrected chi connectivity index (χ3v) is 14.8. The minimum atomic E-state index is -1.58. The first-order valence-electron chi connectivity index (χ1n) is 32.6. The number of amides is 1. The van der Waals surface area contributed by atoms with Crippen LogP contribution in [0, 0.1) is 0 Å². The van der Waals surface area contributed by atoms with Crippen molar-refractivity contribution < 1.29 is 39.8 Å². The zero-order valence-electron chi connectivity index (χ0n) is 50.6. The zero-order valence-corrected chi connectivity index (χ0v) is 50.6. The highest BCUT2D eigenvalue weighted by Crippen LogP contribution is 2.23. The van der Waals surface area contributed by atoms with Gasteiger partial charge in [-0.3, -0.25) is 4.79 Å². The van der Waals surface area contributed by atoms with Gasteiger partial charge in [0.25, 0.3) is 0 Å². The van der Waals surface area contributed by atoms with Crippen molar-refractivity contribution in [1.29, 1.82) is 0 Å². The lowest BCUT2D eigenvalue weighted by Gasteiger charge is -2.40. The van der Waals surface area contributed by atoms with Gasteiger partial charge in [0.15, 0.2) is 6.29 Å². The smallest absolute Gasteiger partial charge is 0.220 e. The molecular formula is C70H121NO8. The van der Waals surface area contributed by atoms with Gasteiger partial charge in [0.1, 0.15) is 24.4 Å². The van der Waals surface area contributed by atoms with Crippen molar-refractivity contribution in [3.8, 4) is 0 Å². The number of carbonyl (C=O) groups is 1. The molecule has 0 bridgehead atoms. The Labute approximate surface area is 485 Å². The lowest BCUT2D eigenvalue weighted by atomic mass is 9.99. The number of hydrogen-bond donors (Lipinski definition) is 6. The molecule has 7 unspecified atom stereocenters. The highest BCUT2D eigenvalue weighted by molar-refractivity contribution is 5.76. The van der Waals surface area contributed by atoms with Gasteiger partial charge in [-0.2, -0.15) is 0 Å². The second-order valence-electron chi connectivity index (χ2n) is 22.2. The first-order chi connectivity index (χ1) is 38.8. The summed E-state index contributed by atoms with van der Waals surface area (Å²) in [5.41, 5.74) is 0. The largest absolute Gasteiger partial charge is 0.394 e. The molecule has 0 spiro atoms. The molecule has 0 aromatic carbocycles. The van der Waals surface area contributed by atoms with E-state index in [-0.39, 0.29) is 12.5 Å². The Hall–Kier alpha value is -3.15. The Morgan fingerprint density at radius 3 is 1.22 bits per heavy atom. The molecule has 1 saturated heterocycles. The fourth-order valence-corrected chi connectivity index (χ4v) is 9.74. The Bertz CT molecular complexity index is 1610. The quantitative estimate of drug-likeness (QED) is 0.0261. The number of allylic oxidation sites excluding steroid dienone is 17. The van der Waals surface area contributed by atoms with Gasteiger partial charge in [-0.15, -0.1) is 0 Å². The van der Waals surface area contributed by atoms with Crippen molar-refractivity contribution in [2.75, 3.05) is 13.2 Å². The van der Waals surface area contributed by atoms with Gasteiger partial charge in [-0.05, 0) is 89.9 Å². The molecule has 0 aromatic rings. The number of aliphatic hydroxyl groups is 5. The van der Waals surface area contributed by atoms with E-state index in [2.05, 4.69) is 116 Å². The summed E-state index contributed by atoms with van der Waals surface area (Å²) in [5.74, 6) is -0.187. The monoisotopic (exact) mass is 1100 g/mol. The minimum absolute atomic E-state index is 0.187. The molecule has 1 fully saturated rings. The number of hydrogen-bond acceptors (Lipinski definition) is 8. The van der Waals surface area contributed by atoms with Crippen LogP contribution in [-0.4, -0.2) is 87.5 Å². The summed E-state index contributed by atoms with van der Waals surface area (Å²) in [6, 6.07) is -0.826. The maximum Gasteiger partial charge on any atom is 0.220 e. The summed E-state index contributed by atoms with van der Waals surface area (Å²) in [4.78, 5) is 13.1. The predicted molar refractivity (Wildman–Crippen MR) is 336 cm³/mol. The molecule has 454 valence electrons. The summed E-state index contributed by atoms with van der Waals surface area (Å²) < 4.78 is 11.3. The van der Waals surface area contributed by atoms with Crippen LogP contribution >= 0.6 is 0 Å². The van der Waals surface area contributed by atoms with E-state index < -0.39 is 49.5 Å². The van der Waals surface area contributed by atoms with Crippen LogP contribution in [0.1, 0.15) is 271 Å². The van der Waals surface area contributed by atoms with Crippen LogP contribution in [-0.2, 0) is 14.3 Å². The highest BCUT2D eigenvalue weighted by Gasteiger charge is 2.44. The van der Waals surface area contributed by atoms with Crippen LogP contribution in [0.3, 0.4) is 0 Å². The molecule has 1 heterocycles. The lowest BCUT2D eigenvalue weighted by Crippen LogP contribution is -2.60. The standard InChI is InChI=1S/C70H121NO8/c1-3-5-7-9-11-13-15-17-19-21-22-23-24-25-26-27-28-29-30-31-32-33-34-35-36-37-38-39-40-41-42-44-46-48-50-52-54-56-58-60-66(74)71-63(62-78-70-69(77)68(76)67(75)65(61-72)79-70)64(73)59-57-55-53-51-49-47-45-43-20-18-16-14-12-10-8-6-4-2/h5,7,11,13,17,19,22-23,25-26,28-29,31-32,49,51,57,59,63-65,67-70,72-73,75-77H,3-4,6,8-10,12,14-16,18,20-21,24,27,30,33-48,50,52-56,58,60-62H2,1-2H3,(H,71,74)/b7-5-,13-11-,19-17-,23-22-,26-25-,29-28-,32-31-,51-49+,59-57+. The number of carbonyl (C=O) groups excluding carboxylic acids is 1. The molecule has 9 heteroatoms. The second kappa shape index (κ2) is 58.1. The second-order valence-corrected chi connectivity index (χ2v) is 22.2. The molecular weight excluding hydrogens is 983 g/mol. The summed E-state index contributed by atoms with van der Waals surface area (Å²) in [6.45, 7) is 3.66. The van der Waals surface area contributed by atoms with Crippen LogP contribution in [0.25, 0.3) is 0 Å². The van der Waals surface area contributed by atoms with Crippen molar-refractivity contribution >= 4 is 5.91 Å². The molecule has 1 amide bonds. The number of ether oxygens (including phenoxy) is 2. The number of aliphatic hydroxyl groups excluding tert-OH is 5. The van der Waals surface area contributed by atoms with Crippen molar-refractivity contribution in [3.05, 3.63) is 109 Å². The van der Waals surface area contributed by atoms with Crippen LogP contribution in [0.2, 0.25) is 0 Å². The predicted octanol–water partition coefficient (Wildman–Crippen LogP) is 17.3. The molecule has 1 aliphatic heterocycles. The van der Waals surface area contributed by atoms with Crippen LogP contribution in [0.15, 0.2) is 109 Å². The summed E-state index contributed by atoms with van der Waals surface area (Å²) in [5, 5.41) is 54.6. The van der Waals surface area contributed by atoms with Crippen molar-refractivity contribution in [1.82, 2.24) is 5.32 Å². The van der Waals surface area contributed by atoms with Crippen LogP contribution in [0.4, 0.5) is 0 Å². The average molecular weight is 1100 g/mol. The molecule has 9 nitrogen and oxygen atoms in total. The first-order valence-corrected chi connectivity index (χ1v) is 32.6. The Morgan fingerprint density at radius 1 is 0.443 bits per heavy atom. The van der Waals surface area contributed by atoms with E-state index in [1.54, 1.807) is 6.08 Å². The first kappa shape index (κ1) is 73.9. The molecule has 6 N–H and O–H groups in total. The summed E-state index contributed by atoms with van der Waals surface area (Å²) in [6.07, 6.45) is 78.9. The molecule has 1 aliphatic rings. The van der Waals surface area contributed by atoms with Gasteiger partial charge in [0.2, 0.25) is 5.91 Å². The van der Waals surface area contributed by atoms with Gasteiger partial charge >= 0.3 is 0 Å². The third-order valence-electron chi connectivity index (χ3n) is 14.8. The van der Waals surface area contributed by atoms with E-state index in [1.165, 1.54) is 167 Å². The maximum absolute atomic E-state index is 13.1. The Balaban J connectivity index is 2.11. The maximum atomic E-state index is 13.1. The molecule has 7 atom stereocenters. The Kier molecular flexibility index (Phi) is 54.3. The van der Waals surface area contributed by atoms with Gasteiger partial charge in [-0.25, -0.2) is 0 Å². The van der Waals surface area contributed by atoms with Gasteiger partial charge in [-0.1, -0.05) is 284 Å². The van der Waals surface area contributed by atoms with Crippen molar-refractivity contribution in [2.24, 2.45) is 0 Å². The third kappa shape index (κ3) is 47.1. The highest BCUT2D eigenvalue weighted by atomic mass is 16.7. The molecule has 0 radical (unpaired) electrons. The summed E-state index contributed by atoms with van der Waals surface area (Å²) >= 11 is 0. The van der Waals surface area contributed by atoms with Crippen LogP contribution in [0.5, 0.6) is 0 Å². The van der Waals surface area contributed by atoms with E-state index in [0.717, 1.165) is 83.5 Å². The van der Waals surface area contributed by atoms with E-state index in [4.69, 9.17) is 9.47 Å².